The van der Waals surface area contributed by atoms with E-state index in [9.17, 15) is 15.2 Å². The molecule has 0 spiro atoms. The van der Waals surface area contributed by atoms with Crippen molar-refractivity contribution in [3.63, 3.8) is 0 Å². The van der Waals surface area contributed by atoms with Crippen molar-refractivity contribution in [2.75, 3.05) is 32.8 Å². The molecule has 8 nitrogen and oxygen atoms in total. The molecule has 8 heteroatoms. The maximum absolute atomic E-state index is 12.9. The van der Waals surface area contributed by atoms with Crippen molar-refractivity contribution in [3.05, 3.63) is 47.2 Å². The summed E-state index contributed by atoms with van der Waals surface area (Å²) in [6, 6.07) is 8.17. The molecule has 1 aromatic rings. The van der Waals surface area contributed by atoms with E-state index in [1.807, 2.05) is 29.3 Å². The number of aliphatic hydroxyl groups is 1. The molecule has 3 aliphatic rings. The molecule has 0 bridgehead atoms. The van der Waals surface area contributed by atoms with Gasteiger partial charge in [-0.3, -0.25) is 4.79 Å². The van der Waals surface area contributed by atoms with Gasteiger partial charge in [0.2, 0.25) is 11.9 Å². The molecular formula is C32H43N5O3. The third-order valence-electron chi connectivity index (χ3n) is 8.48. The van der Waals surface area contributed by atoms with Crippen molar-refractivity contribution in [2.24, 2.45) is 21.8 Å². The van der Waals surface area contributed by atoms with Crippen LogP contribution >= 0.6 is 0 Å². The second kappa shape index (κ2) is 14.3. The number of carbonyl (C=O) groups is 1. The Morgan fingerprint density at radius 1 is 1.18 bits per heavy atom. The summed E-state index contributed by atoms with van der Waals surface area (Å²) < 4.78 is 6.14. The highest BCUT2D eigenvalue weighted by Gasteiger charge is 2.29. The van der Waals surface area contributed by atoms with Gasteiger partial charge in [-0.25, -0.2) is 9.98 Å². The number of nitriles is 1. The maximum Gasteiger partial charge on any atom is 0.226 e. The molecule has 2 heterocycles. The summed E-state index contributed by atoms with van der Waals surface area (Å²) in [7, 11) is 0. The maximum atomic E-state index is 12.9. The van der Waals surface area contributed by atoms with Crippen LogP contribution in [0.2, 0.25) is 0 Å². The fraction of sp³-hybridized carbons (Fsp3) is 0.562. The van der Waals surface area contributed by atoms with Crippen LogP contribution in [0.15, 0.2) is 46.0 Å². The van der Waals surface area contributed by atoms with Crippen molar-refractivity contribution < 1.29 is 14.6 Å². The number of amides is 1. The molecule has 0 aromatic heterocycles. The van der Waals surface area contributed by atoms with Gasteiger partial charge in [0.05, 0.1) is 18.3 Å². The van der Waals surface area contributed by atoms with Crippen LogP contribution < -0.4 is 4.74 Å². The lowest BCUT2D eigenvalue weighted by Crippen LogP contribution is -2.43. The van der Waals surface area contributed by atoms with Gasteiger partial charge in [-0.2, -0.15) is 5.26 Å². The van der Waals surface area contributed by atoms with E-state index in [2.05, 4.69) is 47.6 Å². The standard InChI is InChI=1S/C32H43N5O3/c1-4-23(2)21-35-32(34-3)37-15-11-24(12-16-37)22-40-30-10-9-27(19-28(30)20-33)25-5-7-26(8-6-25)31(39)36-17-13-29(38)14-18-36/h5,9-10,19,21,24,26,29,38H,3-4,6-8,11-18,22H2,1-2H3/b23-21+,35-32?. The predicted octanol–water partition coefficient (Wildman–Crippen LogP) is 5.19. The highest BCUT2D eigenvalue weighted by molar-refractivity contribution is 5.84. The zero-order valence-electron chi connectivity index (χ0n) is 24.0. The van der Waals surface area contributed by atoms with Crippen LogP contribution in [0, 0.1) is 23.2 Å². The Morgan fingerprint density at radius 3 is 2.52 bits per heavy atom. The quantitative estimate of drug-likeness (QED) is 0.376. The zero-order chi connectivity index (χ0) is 28.5. The van der Waals surface area contributed by atoms with Crippen LogP contribution in [0.3, 0.4) is 0 Å². The van der Waals surface area contributed by atoms with E-state index >= 15 is 0 Å². The summed E-state index contributed by atoms with van der Waals surface area (Å²) in [5.74, 6) is 1.92. The van der Waals surface area contributed by atoms with E-state index in [0.29, 0.717) is 62.1 Å². The van der Waals surface area contributed by atoms with Gasteiger partial charge in [-0.05, 0) is 94.2 Å². The molecule has 1 amide bonds. The number of benzene rings is 1. The molecular weight excluding hydrogens is 502 g/mol. The van der Waals surface area contributed by atoms with E-state index < -0.39 is 0 Å². The van der Waals surface area contributed by atoms with Crippen LogP contribution in [0.4, 0.5) is 0 Å². The van der Waals surface area contributed by atoms with E-state index in [0.717, 1.165) is 50.8 Å². The highest BCUT2D eigenvalue weighted by atomic mass is 16.5. The Hall–Kier alpha value is -3.44. The number of carbonyl (C=O) groups excluding carboxylic acids is 1. The number of likely N-dealkylation sites (tertiary alicyclic amines) is 2. The van der Waals surface area contributed by atoms with Crippen molar-refractivity contribution in [1.82, 2.24) is 9.80 Å². The van der Waals surface area contributed by atoms with Crippen LogP contribution in [0.25, 0.3) is 5.57 Å². The molecule has 2 fully saturated rings. The molecule has 40 heavy (non-hydrogen) atoms. The van der Waals surface area contributed by atoms with Gasteiger partial charge in [0.25, 0.3) is 0 Å². The van der Waals surface area contributed by atoms with E-state index in [1.54, 1.807) is 0 Å². The normalized spacial score (nSPS) is 21.6. The number of hydrogen-bond acceptors (Lipinski definition) is 5. The first kappa shape index (κ1) is 29.5. The van der Waals surface area contributed by atoms with Gasteiger partial charge in [0.15, 0.2) is 0 Å². The number of nitrogens with zero attached hydrogens (tertiary/aromatic N) is 5. The molecule has 0 radical (unpaired) electrons. The number of guanidine groups is 1. The highest BCUT2D eigenvalue weighted by Crippen LogP contribution is 2.34. The minimum atomic E-state index is -0.276. The van der Waals surface area contributed by atoms with Crippen molar-refractivity contribution >= 4 is 24.2 Å². The number of hydrogen-bond donors (Lipinski definition) is 1. The smallest absolute Gasteiger partial charge is 0.226 e. The molecule has 1 aromatic carbocycles. The Bertz CT molecular complexity index is 1180. The Labute approximate surface area is 238 Å². The number of ether oxygens (including phenoxy) is 1. The van der Waals surface area contributed by atoms with Crippen molar-refractivity contribution in [2.45, 2.75) is 71.3 Å². The predicted molar refractivity (Wildman–Crippen MR) is 159 cm³/mol. The average molecular weight is 546 g/mol. The lowest BCUT2D eigenvalue weighted by Gasteiger charge is -2.33. The first-order valence-corrected chi connectivity index (χ1v) is 14.7. The minimum Gasteiger partial charge on any atom is -0.492 e. The summed E-state index contributed by atoms with van der Waals surface area (Å²) in [4.78, 5) is 25.6. The Balaban J connectivity index is 1.29. The number of aliphatic hydroxyl groups excluding tert-OH is 1. The SMILES string of the molecule is C=NC(=N/C=C(\C)CC)N1CCC(COc2ccc(C3=CCC(C(=O)N4CCC(O)CC4)CC3)cc2C#N)CC1. The van der Waals surface area contributed by atoms with Gasteiger partial charge in [0.1, 0.15) is 11.8 Å². The Kier molecular flexibility index (Phi) is 10.5. The third-order valence-corrected chi connectivity index (χ3v) is 8.48. The molecule has 1 unspecified atom stereocenters. The third kappa shape index (κ3) is 7.60. The number of piperidine rings is 2. The lowest BCUT2D eigenvalue weighted by molar-refractivity contribution is -0.137. The molecule has 0 saturated carbocycles. The Morgan fingerprint density at radius 2 is 1.90 bits per heavy atom. The van der Waals surface area contributed by atoms with E-state index in [-0.39, 0.29) is 17.9 Å². The van der Waals surface area contributed by atoms with Crippen LogP contribution in [0.5, 0.6) is 5.75 Å². The van der Waals surface area contributed by atoms with Gasteiger partial charge in [-0.1, -0.05) is 24.6 Å². The summed E-state index contributed by atoms with van der Waals surface area (Å²) in [6.45, 7) is 11.4. The molecule has 2 aliphatic heterocycles. The fourth-order valence-electron chi connectivity index (χ4n) is 5.60. The number of rotatable bonds is 7. The largest absolute Gasteiger partial charge is 0.492 e. The van der Waals surface area contributed by atoms with Crippen LogP contribution in [0.1, 0.15) is 76.3 Å². The average Bonchev–Trinajstić information content (AvgIpc) is 3.00. The van der Waals surface area contributed by atoms with Crippen LogP contribution in [-0.2, 0) is 4.79 Å². The second-order valence-corrected chi connectivity index (χ2v) is 11.2. The number of aliphatic imine (C=N–C) groups is 2. The molecule has 2 saturated heterocycles. The van der Waals surface area contributed by atoms with Gasteiger partial charge in [-0.15, -0.1) is 0 Å². The topological polar surface area (TPSA) is 102 Å². The van der Waals surface area contributed by atoms with Gasteiger partial charge >= 0.3 is 0 Å². The first-order chi connectivity index (χ1) is 19.4. The second-order valence-electron chi connectivity index (χ2n) is 11.2. The molecule has 4 rings (SSSR count). The number of allylic oxidation sites excluding steroid dienone is 3. The van der Waals surface area contributed by atoms with Gasteiger partial charge in [0, 0.05) is 38.3 Å². The van der Waals surface area contributed by atoms with Crippen molar-refractivity contribution in [3.8, 4) is 11.8 Å². The summed E-state index contributed by atoms with van der Waals surface area (Å²) >= 11 is 0. The molecule has 214 valence electrons. The summed E-state index contributed by atoms with van der Waals surface area (Å²) in [6.07, 6.45) is 10.3. The summed E-state index contributed by atoms with van der Waals surface area (Å²) in [5.41, 5.74) is 3.97. The van der Waals surface area contributed by atoms with Crippen LogP contribution in [-0.4, -0.2) is 72.4 Å². The first-order valence-electron chi connectivity index (χ1n) is 14.7. The molecule has 1 N–H and O–H groups in total. The molecule has 1 atom stereocenters. The lowest BCUT2D eigenvalue weighted by atomic mass is 9.85. The van der Waals surface area contributed by atoms with E-state index in [4.69, 9.17) is 4.74 Å². The van der Waals surface area contributed by atoms with Crippen molar-refractivity contribution in [1.29, 1.82) is 5.26 Å². The van der Waals surface area contributed by atoms with E-state index in [1.165, 1.54) is 11.1 Å². The van der Waals surface area contributed by atoms with Gasteiger partial charge < -0.3 is 19.6 Å². The molecule has 1 aliphatic carbocycles. The fourth-order valence-corrected chi connectivity index (χ4v) is 5.60. The zero-order valence-corrected chi connectivity index (χ0v) is 24.0. The monoisotopic (exact) mass is 545 g/mol. The summed E-state index contributed by atoms with van der Waals surface area (Å²) in [5, 5.41) is 19.6. The minimum absolute atomic E-state index is 0.00462.